The zero-order valence-electron chi connectivity index (χ0n) is 11.0. The van der Waals surface area contributed by atoms with Gasteiger partial charge in [0.1, 0.15) is 12.4 Å². The minimum atomic E-state index is -0.551. The number of nitrogens with two attached hydrogens (primary N) is 1. The minimum absolute atomic E-state index is 0.0474. The number of halogens is 1. The molecule has 104 valence electrons. The monoisotopic (exact) mass is 268 g/mol. The van der Waals surface area contributed by atoms with Gasteiger partial charge in [0.25, 0.3) is 5.91 Å². The lowest BCUT2D eigenvalue weighted by atomic mass is 10.1. The molecular weight excluding hydrogens is 251 g/mol. The predicted octanol–water partition coefficient (Wildman–Crippen LogP) is 1.43. The van der Waals surface area contributed by atoms with Crippen molar-refractivity contribution in [3.8, 4) is 0 Å². The first-order valence-electron chi connectivity index (χ1n) is 5.99. The van der Waals surface area contributed by atoms with Crippen molar-refractivity contribution in [2.45, 2.75) is 13.8 Å². The molecule has 0 fully saturated rings. The van der Waals surface area contributed by atoms with E-state index in [1.807, 2.05) is 0 Å². The van der Waals surface area contributed by atoms with Crippen LogP contribution in [0.5, 0.6) is 0 Å². The summed E-state index contributed by atoms with van der Waals surface area (Å²) in [5, 5.41) is 0. The van der Waals surface area contributed by atoms with Crippen molar-refractivity contribution < 1.29 is 18.7 Å². The molecule has 0 unspecified atom stereocenters. The number of rotatable bonds is 5. The van der Waals surface area contributed by atoms with Crippen LogP contribution in [-0.4, -0.2) is 36.5 Å². The highest BCUT2D eigenvalue weighted by Crippen LogP contribution is 2.15. The molecule has 0 aromatic heterocycles. The van der Waals surface area contributed by atoms with Crippen LogP contribution in [0.15, 0.2) is 18.2 Å². The zero-order valence-corrected chi connectivity index (χ0v) is 11.0. The number of carbonyl (C=O) groups is 2. The quantitative estimate of drug-likeness (QED) is 0.647. The average Bonchev–Trinajstić information content (AvgIpc) is 2.38. The first kappa shape index (κ1) is 14.9. The molecule has 1 rings (SSSR count). The van der Waals surface area contributed by atoms with Gasteiger partial charge in [0.2, 0.25) is 0 Å². The number of nitrogens with zero attached hydrogens (tertiary/aromatic N) is 1. The van der Waals surface area contributed by atoms with Crippen molar-refractivity contribution in [3.63, 3.8) is 0 Å². The van der Waals surface area contributed by atoms with Crippen LogP contribution in [0.25, 0.3) is 0 Å². The lowest BCUT2D eigenvalue weighted by molar-refractivity contribution is -0.143. The van der Waals surface area contributed by atoms with Gasteiger partial charge in [-0.15, -0.1) is 0 Å². The molecule has 19 heavy (non-hydrogen) atoms. The summed E-state index contributed by atoms with van der Waals surface area (Å²) in [5.74, 6) is -1.55. The summed E-state index contributed by atoms with van der Waals surface area (Å²) in [6.07, 6.45) is 0. The lowest BCUT2D eigenvalue weighted by Gasteiger charge is -2.20. The topological polar surface area (TPSA) is 72.6 Å². The minimum Gasteiger partial charge on any atom is -0.465 e. The second-order valence-corrected chi connectivity index (χ2v) is 3.86. The summed E-state index contributed by atoms with van der Waals surface area (Å²) in [5.41, 5.74) is 5.86. The average molecular weight is 268 g/mol. The number of anilines is 1. The number of likely N-dealkylation sites (N-methyl/N-ethyl adjacent to an activating group) is 1. The Bertz CT molecular complexity index is 477. The molecule has 0 saturated heterocycles. The maximum atomic E-state index is 13.1. The van der Waals surface area contributed by atoms with Gasteiger partial charge in [-0.2, -0.15) is 0 Å². The highest BCUT2D eigenvalue weighted by Gasteiger charge is 2.20. The van der Waals surface area contributed by atoms with Gasteiger partial charge < -0.3 is 15.4 Å². The Kier molecular flexibility index (Phi) is 5.29. The van der Waals surface area contributed by atoms with E-state index in [-0.39, 0.29) is 24.4 Å². The van der Waals surface area contributed by atoms with Gasteiger partial charge in [0.15, 0.2) is 0 Å². The Balaban J connectivity index is 2.89. The normalized spacial score (nSPS) is 10.1. The molecule has 0 atom stereocenters. The molecule has 0 spiro atoms. The standard InChI is InChI=1S/C13H17FN2O3/c1-3-16(8-12(17)19-4-2)13(18)10-7-9(14)5-6-11(10)15/h5-7H,3-4,8,15H2,1-2H3. The summed E-state index contributed by atoms with van der Waals surface area (Å²) in [4.78, 5) is 24.8. The molecule has 5 nitrogen and oxygen atoms in total. The van der Waals surface area contributed by atoms with E-state index in [1.165, 1.54) is 17.0 Å². The fraction of sp³-hybridized carbons (Fsp3) is 0.385. The van der Waals surface area contributed by atoms with E-state index in [2.05, 4.69) is 0 Å². The molecule has 0 heterocycles. The van der Waals surface area contributed by atoms with E-state index in [1.54, 1.807) is 13.8 Å². The third-order valence-electron chi connectivity index (χ3n) is 2.54. The SMILES string of the molecule is CCOC(=O)CN(CC)C(=O)c1cc(F)ccc1N. The number of amides is 1. The summed E-state index contributed by atoms with van der Waals surface area (Å²) in [6.45, 7) is 3.76. The summed E-state index contributed by atoms with van der Waals surface area (Å²) in [6, 6.07) is 3.56. The van der Waals surface area contributed by atoms with Crippen molar-refractivity contribution in [2.75, 3.05) is 25.4 Å². The van der Waals surface area contributed by atoms with Crippen molar-refractivity contribution in [3.05, 3.63) is 29.6 Å². The maximum absolute atomic E-state index is 13.1. The lowest BCUT2D eigenvalue weighted by Crippen LogP contribution is -2.36. The molecule has 0 bridgehead atoms. The summed E-state index contributed by atoms with van der Waals surface area (Å²) in [7, 11) is 0. The van der Waals surface area contributed by atoms with Gasteiger partial charge in [0, 0.05) is 12.2 Å². The Labute approximate surface area is 111 Å². The number of carbonyl (C=O) groups excluding carboxylic acids is 2. The van der Waals surface area contributed by atoms with E-state index >= 15 is 0 Å². The largest absolute Gasteiger partial charge is 0.465 e. The number of esters is 1. The van der Waals surface area contributed by atoms with Crippen molar-refractivity contribution in [2.24, 2.45) is 0 Å². The molecule has 6 heteroatoms. The molecule has 0 aliphatic carbocycles. The van der Waals surface area contributed by atoms with Crippen molar-refractivity contribution in [1.29, 1.82) is 0 Å². The third-order valence-corrected chi connectivity index (χ3v) is 2.54. The fourth-order valence-electron chi connectivity index (χ4n) is 1.57. The van der Waals surface area contributed by atoms with Gasteiger partial charge in [0.05, 0.1) is 12.2 Å². The summed E-state index contributed by atoms with van der Waals surface area (Å²) >= 11 is 0. The van der Waals surface area contributed by atoms with Gasteiger partial charge in [-0.05, 0) is 32.0 Å². The zero-order chi connectivity index (χ0) is 14.4. The van der Waals surface area contributed by atoms with Gasteiger partial charge in [-0.1, -0.05) is 0 Å². The Morgan fingerprint density at radius 2 is 2.05 bits per heavy atom. The molecule has 0 radical (unpaired) electrons. The second-order valence-electron chi connectivity index (χ2n) is 3.86. The first-order chi connectivity index (χ1) is 8.99. The van der Waals surface area contributed by atoms with Crippen LogP contribution in [0, 0.1) is 5.82 Å². The molecule has 1 aromatic rings. The Hall–Kier alpha value is -2.11. The smallest absolute Gasteiger partial charge is 0.325 e. The Morgan fingerprint density at radius 1 is 1.37 bits per heavy atom. The highest BCUT2D eigenvalue weighted by molar-refractivity contribution is 6.00. The van der Waals surface area contributed by atoms with Crippen LogP contribution in [0.1, 0.15) is 24.2 Å². The molecule has 2 N–H and O–H groups in total. The van der Waals surface area contributed by atoms with Gasteiger partial charge in [-0.25, -0.2) is 4.39 Å². The molecule has 1 aromatic carbocycles. The second kappa shape index (κ2) is 6.72. The number of benzene rings is 1. The molecule has 0 saturated carbocycles. The number of nitrogen functional groups attached to an aromatic ring is 1. The molecule has 1 amide bonds. The van der Waals surface area contributed by atoms with E-state index in [4.69, 9.17) is 10.5 Å². The van der Waals surface area contributed by atoms with E-state index in [0.717, 1.165) is 6.07 Å². The van der Waals surface area contributed by atoms with Crippen LogP contribution in [0.3, 0.4) is 0 Å². The van der Waals surface area contributed by atoms with Crippen LogP contribution in [0.4, 0.5) is 10.1 Å². The van der Waals surface area contributed by atoms with Gasteiger partial charge >= 0.3 is 5.97 Å². The van der Waals surface area contributed by atoms with Crippen LogP contribution < -0.4 is 5.73 Å². The summed E-state index contributed by atoms with van der Waals surface area (Å²) < 4.78 is 17.9. The van der Waals surface area contributed by atoms with Crippen molar-refractivity contribution in [1.82, 2.24) is 4.90 Å². The number of hydrogen-bond acceptors (Lipinski definition) is 4. The van der Waals surface area contributed by atoms with E-state index in [0.29, 0.717) is 6.54 Å². The van der Waals surface area contributed by atoms with E-state index < -0.39 is 17.7 Å². The first-order valence-corrected chi connectivity index (χ1v) is 5.99. The van der Waals surface area contributed by atoms with Gasteiger partial charge in [-0.3, -0.25) is 9.59 Å². The maximum Gasteiger partial charge on any atom is 0.325 e. The number of hydrogen-bond donors (Lipinski definition) is 1. The van der Waals surface area contributed by atoms with E-state index in [9.17, 15) is 14.0 Å². The molecular formula is C13H17FN2O3. The number of ether oxygens (including phenoxy) is 1. The fourth-order valence-corrected chi connectivity index (χ4v) is 1.57. The third kappa shape index (κ3) is 3.94. The molecule has 0 aliphatic heterocycles. The Morgan fingerprint density at radius 3 is 2.63 bits per heavy atom. The van der Waals surface area contributed by atoms with Crippen LogP contribution in [0.2, 0.25) is 0 Å². The predicted molar refractivity (Wildman–Crippen MR) is 69.0 cm³/mol. The molecule has 0 aliphatic rings. The van der Waals surface area contributed by atoms with Crippen LogP contribution in [-0.2, 0) is 9.53 Å². The highest BCUT2D eigenvalue weighted by atomic mass is 19.1. The van der Waals surface area contributed by atoms with Crippen LogP contribution >= 0.6 is 0 Å². The van der Waals surface area contributed by atoms with Crippen molar-refractivity contribution >= 4 is 17.6 Å².